The molecule has 4 heteroatoms. The molecule has 90 valence electrons. The van der Waals surface area contributed by atoms with Gasteiger partial charge in [0.05, 0.1) is 0 Å². The lowest BCUT2D eigenvalue weighted by Gasteiger charge is -2.05. The van der Waals surface area contributed by atoms with Crippen LogP contribution in [0.4, 0.5) is 5.82 Å². The van der Waals surface area contributed by atoms with Crippen LogP contribution >= 0.6 is 12.4 Å². The van der Waals surface area contributed by atoms with Crippen LogP contribution in [-0.2, 0) is 13.1 Å². The van der Waals surface area contributed by atoms with Crippen LogP contribution in [0, 0.1) is 0 Å². The summed E-state index contributed by atoms with van der Waals surface area (Å²) in [6.07, 6.45) is 1.78. The molecular formula is C13H16ClN3. The third-order valence-corrected chi connectivity index (χ3v) is 2.40. The summed E-state index contributed by atoms with van der Waals surface area (Å²) in [6.45, 7) is 1.37. The van der Waals surface area contributed by atoms with Gasteiger partial charge >= 0.3 is 0 Å². The van der Waals surface area contributed by atoms with E-state index in [9.17, 15) is 0 Å². The van der Waals surface area contributed by atoms with E-state index in [0.29, 0.717) is 6.54 Å². The van der Waals surface area contributed by atoms with E-state index in [2.05, 4.69) is 34.6 Å². The minimum Gasteiger partial charge on any atom is -0.366 e. The van der Waals surface area contributed by atoms with Gasteiger partial charge in [-0.05, 0) is 23.3 Å². The third-order valence-electron chi connectivity index (χ3n) is 2.40. The lowest BCUT2D eigenvalue weighted by atomic mass is 10.1. The molecule has 0 radical (unpaired) electrons. The highest BCUT2D eigenvalue weighted by atomic mass is 35.5. The fourth-order valence-corrected chi connectivity index (χ4v) is 1.45. The highest BCUT2D eigenvalue weighted by Crippen LogP contribution is 2.07. The van der Waals surface area contributed by atoms with Crippen LogP contribution < -0.4 is 11.1 Å². The summed E-state index contributed by atoms with van der Waals surface area (Å²) in [5.41, 5.74) is 7.92. The Hall–Kier alpha value is -1.58. The third kappa shape index (κ3) is 4.06. The normalized spacial score (nSPS) is 9.47. The molecule has 0 aliphatic heterocycles. The molecule has 0 amide bonds. The number of rotatable bonds is 4. The van der Waals surface area contributed by atoms with Gasteiger partial charge in [-0.15, -0.1) is 12.4 Å². The lowest BCUT2D eigenvalue weighted by Crippen LogP contribution is -2.01. The molecule has 0 atom stereocenters. The van der Waals surface area contributed by atoms with E-state index in [1.807, 2.05) is 18.2 Å². The summed E-state index contributed by atoms with van der Waals surface area (Å²) in [4.78, 5) is 4.20. The summed E-state index contributed by atoms with van der Waals surface area (Å²) in [7, 11) is 0. The van der Waals surface area contributed by atoms with E-state index in [0.717, 1.165) is 17.9 Å². The van der Waals surface area contributed by atoms with Crippen molar-refractivity contribution >= 4 is 18.2 Å². The number of aromatic nitrogens is 1. The summed E-state index contributed by atoms with van der Waals surface area (Å²) >= 11 is 0. The Labute approximate surface area is 107 Å². The molecule has 17 heavy (non-hydrogen) atoms. The minimum atomic E-state index is 0. The zero-order valence-corrected chi connectivity index (χ0v) is 10.3. The van der Waals surface area contributed by atoms with Gasteiger partial charge in [0.1, 0.15) is 5.82 Å². The molecule has 0 aliphatic rings. The maximum atomic E-state index is 5.54. The Kier molecular flexibility index (Phi) is 5.46. The van der Waals surface area contributed by atoms with Crippen LogP contribution in [0.2, 0.25) is 0 Å². The molecule has 0 spiro atoms. The van der Waals surface area contributed by atoms with Crippen molar-refractivity contribution < 1.29 is 0 Å². The first-order chi connectivity index (χ1) is 7.88. The quantitative estimate of drug-likeness (QED) is 0.876. The van der Waals surface area contributed by atoms with Gasteiger partial charge in [0.25, 0.3) is 0 Å². The highest BCUT2D eigenvalue weighted by molar-refractivity contribution is 5.85. The maximum Gasteiger partial charge on any atom is 0.126 e. The molecule has 0 fully saturated rings. The maximum absolute atomic E-state index is 5.54. The first-order valence-corrected chi connectivity index (χ1v) is 5.31. The van der Waals surface area contributed by atoms with Crippen molar-refractivity contribution in [1.82, 2.24) is 4.98 Å². The summed E-state index contributed by atoms with van der Waals surface area (Å²) < 4.78 is 0. The Morgan fingerprint density at radius 2 is 1.71 bits per heavy atom. The molecule has 0 aliphatic carbocycles. The molecule has 1 aromatic carbocycles. The molecule has 1 aromatic heterocycles. The molecule has 2 aromatic rings. The van der Waals surface area contributed by atoms with Crippen molar-refractivity contribution in [3.63, 3.8) is 0 Å². The highest BCUT2D eigenvalue weighted by Gasteiger charge is 1.94. The topological polar surface area (TPSA) is 50.9 Å². The number of halogens is 1. The van der Waals surface area contributed by atoms with Crippen molar-refractivity contribution in [1.29, 1.82) is 0 Å². The zero-order valence-electron chi connectivity index (χ0n) is 9.47. The lowest BCUT2D eigenvalue weighted by molar-refractivity contribution is 1.05. The molecular weight excluding hydrogens is 234 g/mol. The van der Waals surface area contributed by atoms with Gasteiger partial charge in [-0.1, -0.05) is 30.3 Å². The van der Waals surface area contributed by atoms with Gasteiger partial charge < -0.3 is 11.1 Å². The number of nitrogens with one attached hydrogen (secondary N) is 1. The van der Waals surface area contributed by atoms with Gasteiger partial charge in [-0.2, -0.15) is 0 Å². The van der Waals surface area contributed by atoms with Crippen LogP contribution in [0.15, 0.2) is 48.7 Å². The monoisotopic (exact) mass is 249 g/mol. The molecule has 3 N–H and O–H groups in total. The molecule has 2 rings (SSSR count). The summed E-state index contributed by atoms with van der Waals surface area (Å²) in [6, 6.07) is 14.1. The Balaban J connectivity index is 0.00000144. The summed E-state index contributed by atoms with van der Waals surface area (Å²) in [5.74, 6) is 0.894. The van der Waals surface area contributed by atoms with Crippen LogP contribution in [0.25, 0.3) is 0 Å². The number of hydrogen-bond donors (Lipinski definition) is 2. The Bertz CT molecular complexity index is 428. The fraction of sp³-hybridized carbons (Fsp3) is 0.154. The average molecular weight is 250 g/mol. The van der Waals surface area contributed by atoms with Crippen molar-refractivity contribution in [3.05, 3.63) is 59.8 Å². The Morgan fingerprint density at radius 3 is 2.29 bits per heavy atom. The second-order valence-electron chi connectivity index (χ2n) is 3.59. The Morgan fingerprint density at radius 1 is 1.00 bits per heavy atom. The van der Waals surface area contributed by atoms with Crippen LogP contribution in [-0.4, -0.2) is 4.98 Å². The number of pyridine rings is 1. The predicted molar refractivity (Wildman–Crippen MR) is 73.1 cm³/mol. The average Bonchev–Trinajstić information content (AvgIpc) is 2.38. The van der Waals surface area contributed by atoms with Crippen molar-refractivity contribution in [2.24, 2.45) is 5.73 Å². The SMILES string of the molecule is Cl.NCc1ccc(CNc2ccccn2)cc1. The van der Waals surface area contributed by atoms with E-state index < -0.39 is 0 Å². The largest absolute Gasteiger partial charge is 0.366 e. The molecule has 1 heterocycles. The van der Waals surface area contributed by atoms with Crippen LogP contribution in [0.3, 0.4) is 0 Å². The van der Waals surface area contributed by atoms with Gasteiger partial charge in [-0.3, -0.25) is 0 Å². The fourth-order valence-electron chi connectivity index (χ4n) is 1.45. The standard InChI is InChI=1S/C13H15N3.ClH/c14-9-11-4-6-12(7-5-11)10-16-13-3-1-2-8-15-13;/h1-8H,9-10,14H2,(H,15,16);1H. The van der Waals surface area contributed by atoms with E-state index in [4.69, 9.17) is 5.73 Å². The summed E-state index contributed by atoms with van der Waals surface area (Å²) in [5, 5.41) is 3.26. The first kappa shape index (κ1) is 13.5. The number of nitrogens with zero attached hydrogens (tertiary/aromatic N) is 1. The number of hydrogen-bond acceptors (Lipinski definition) is 3. The van der Waals surface area contributed by atoms with E-state index >= 15 is 0 Å². The molecule has 3 nitrogen and oxygen atoms in total. The van der Waals surface area contributed by atoms with Gasteiger partial charge in [0.15, 0.2) is 0 Å². The zero-order chi connectivity index (χ0) is 11.2. The van der Waals surface area contributed by atoms with E-state index in [1.54, 1.807) is 6.20 Å². The van der Waals surface area contributed by atoms with Crippen molar-refractivity contribution in [2.45, 2.75) is 13.1 Å². The second-order valence-corrected chi connectivity index (χ2v) is 3.59. The second kappa shape index (κ2) is 6.89. The van der Waals surface area contributed by atoms with Gasteiger partial charge in [0.2, 0.25) is 0 Å². The molecule has 0 unspecified atom stereocenters. The molecule has 0 saturated carbocycles. The van der Waals surface area contributed by atoms with Crippen LogP contribution in [0.1, 0.15) is 11.1 Å². The minimum absolute atomic E-state index is 0. The molecule has 0 saturated heterocycles. The van der Waals surface area contributed by atoms with Crippen molar-refractivity contribution in [3.8, 4) is 0 Å². The predicted octanol–water partition coefficient (Wildman–Crippen LogP) is 2.57. The smallest absolute Gasteiger partial charge is 0.126 e. The van der Waals surface area contributed by atoms with E-state index in [-0.39, 0.29) is 12.4 Å². The number of benzene rings is 1. The first-order valence-electron chi connectivity index (χ1n) is 5.31. The van der Waals surface area contributed by atoms with Crippen molar-refractivity contribution in [2.75, 3.05) is 5.32 Å². The number of anilines is 1. The molecule has 0 bridgehead atoms. The number of nitrogens with two attached hydrogens (primary N) is 1. The van der Waals surface area contributed by atoms with E-state index in [1.165, 1.54) is 5.56 Å². The van der Waals surface area contributed by atoms with Gasteiger partial charge in [-0.25, -0.2) is 4.98 Å². The van der Waals surface area contributed by atoms with Crippen LogP contribution in [0.5, 0.6) is 0 Å². The van der Waals surface area contributed by atoms with Gasteiger partial charge in [0, 0.05) is 19.3 Å².